The summed E-state index contributed by atoms with van der Waals surface area (Å²) in [6.07, 6.45) is 7.67. The van der Waals surface area contributed by atoms with E-state index in [1.165, 1.54) is 38.5 Å². The molecule has 3 rings (SSSR count). The molecule has 0 unspecified atom stereocenters. The van der Waals surface area contributed by atoms with Gasteiger partial charge in [0.25, 0.3) is 0 Å². The Labute approximate surface area is 140 Å². The first-order valence-electron chi connectivity index (χ1n) is 6.99. The Morgan fingerprint density at radius 2 is 0.600 bits per heavy atom. The Kier molecular flexibility index (Phi) is 17.6. The van der Waals surface area contributed by atoms with Gasteiger partial charge in [-0.3, -0.25) is 0 Å². The van der Waals surface area contributed by atoms with Crippen LogP contribution in [-0.2, 0) is 14.2 Å². The Morgan fingerprint density at radius 3 is 0.650 bits per heavy atom. The van der Waals surface area contributed by atoms with Crippen LogP contribution in [0.3, 0.4) is 0 Å². The van der Waals surface area contributed by atoms with Crippen LogP contribution in [0.15, 0.2) is 0 Å². The second-order valence-corrected chi connectivity index (χ2v) is 39.9. The molecule has 0 spiro atoms. The van der Waals surface area contributed by atoms with Crippen molar-refractivity contribution in [2.24, 2.45) is 0 Å². The molecule has 3 aliphatic rings. The molecule has 0 atom stereocenters. The molecule has 3 aliphatic heterocycles. The average molecular weight is 596 g/mol. The Bertz CT molecular complexity index is 141. The Balaban J connectivity index is 0.000000241. The molecule has 3 heterocycles. The first kappa shape index (κ1) is 22.1. The zero-order valence-electron chi connectivity index (χ0n) is 11.7. The maximum atomic E-state index is 5.06. The van der Waals surface area contributed by atoms with E-state index in [1.54, 1.807) is 0 Å². The monoisotopic (exact) mass is 594 g/mol. The fourth-order valence-electron chi connectivity index (χ4n) is 1.53. The first-order valence-corrected chi connectivity index (χ1v) is 27.4. The molecule has 8 heteroatoms. The van der Waals surface area contributed by atoms with Crippen molar-refractivity contribution in [3.63, 3.8) is 0 Å². The maximum absolute atomic E-state index is 5.06. The van der Waals surface area contributed by atoms with E-state index in [4.69, 9.17) is 44.7 Å². The van der Waals surface area contributed by atoms with Gasteiger partial charge in [-0.15, -0.1) is 0 Å². The van der Waals surface area contributed by atoms with Gasteiger partial charge in [0, 0.05) is 39.6 Å². The molecule has 0 radical (unpaired) electrons. The van der Waals surface area contributed by atoms with E-state index in [1.807, 2.05) is 0 Å². The molecule has 0 bridgehead atoms. The van der Waals surface area contributed by atoms with Gasteiger partial charge in [-0.2, -0.15) is 0 Å². The molecule has 0 saturated carbocycles. The zero-order valence-corrected chi connectivity index (χ0v) is 18.9. The molecule has 0 aliphatic carbocycles. The number of halogens is 4. The summed E-state index contributed by atoms with van der Waals surface area (Å²) in [7, 11) is 20.2. The SMILES string of the molecule is C1CCOC1.C1CCOC1.C1CCOC1.[Cl][U]([Cl])([Cl])[Cl]. The van der Waals surface area contributed by atoms with Crippen LogP contribution in [-0.4, -0.2) is 39.6 Å². The number of rotatable bonds is 0. The Morgan fingerprint density at radius 1 is 0.450 bits per heavy atom. The fourth-order valence-corrected chi connectivity index (χ4v) is 1.53. The summed E-state index contributed by atoms with van der Waals surface area (Å²) in [5, 5.41) is 0. The topological polar surface area (TPSA) is 27.7 Å². The van der Waals surface area contributed by atoms with Crippen LogP contribution < -0.4 is 0 Å². The second kappa shape index (κ2) is 16.0. The molecular weight excluding hydrogens is 572 g/mol. The van der Waals surface area contributed by atoms with Gasteiger partial charge in [-0.1, -0.05) is 0 Å². The number of hydrogen-bond donors (Lipinski definition) is 0. The van der Waals surface area contributed by atoms with Crippen LogP contribution in [0, 0.1) is 19.0 Å². The van der Waals surface area contributed by atoms with Crippen LogP contribution in [0.1, 0.15) is 38.5 Å². The van der Waals surface area contributed by atoms with E-state index in [-0.39, 0.29) is 0 Å². The van der Waals surface area contributed by atoms with Crippen molar-refractivity contribution < 1.29 is 33.2 Å². The van der Waals surface area contributed by atoms with Crippen LogP contribution >= 0.6 is 30.5 Å². The molecule has 0 aromatic heterocycles. The second-order valence-electron chi connectivity index (χ2n) is 4.39. The van der Waals surface area contributed by atoms with Crippen molar-refractivity contribution in [3.8, 4) is 0 Å². The number of ether oxygens (including phenoxy) is 3. The molecule has 3 saturated heterocycles. The van der Waals surface area contributed by atoms with Crippen molar-refractivity contribution in [2.45, 2.75) is 38.5 Å². The van der Waals surface area contributed by atoms with Crippen molar-refractivity contribution >= 4 is 30.5 Å². The van der Waals surface area contributed by atoms with Crippen LogP contribution in [0.2, 0.25) is 0 Å². The summed E-state index contributed by atoms with van der Waals surface area (Å²) in [6.45, 7) is 6.00. The predicted molar refractivity (Wildman–Crippen MR) is 83.6 cm³/mol. The summed E-state index contributed by atoms with van der Waals surface area (Å²) >= 11 is -3.45. The summed E-state index contributed by atoms with van der Waals surface area (Å²) in [5.41, 5.74) is 0. The molecule has 0 amide bonds. The van der Waals surface area contributed by atoms with E-state index in [0.29, 0.717) is 0 Å². The van der Waals surface area contributed by atoms with Gasteiger partial charge in [0.1, 0.15) is 0 Å². The van der Waals surface area contributed by atoms with Gasteiger partial charge in [0.15, 0.2) is 0 Å². The summed E-state index contributed by atoms with van der Waals surface area (Å²) < 4.78 is 14.8. The first-order chi connectivity index (χ1) is 9.50. The van der Waals surface area contributed by atoms with Crippen molar-refractivity contribution in [1.82, 2.24) is 0 Å². The standard InChI is InChI=1S/3C4H8O.4ClH.U/c3*1-2-4-5-3-1;;;;;/h3*1-4H2;4*1H;/q;;;;;;;+4/p-4. The van der Waals surface area contributed by atoms with E-state index in [9.17, 15) is 0 Å². The van der Waals surface area contributed by atoms with E-state index < -0.39 is 19.0 Å². The van der Waals surface area contributed by atoms with Crippen LogP contribution in [0.25, 0.3) is 0 Å². The molecule has 0 aromatic carbocycles. The van der Waals surface area contributed by atoms with Gasteiger partial charge >= 0.3 is 49.5 Å². The van der Waals surface area contributed by atoms with Gasteiger partial charge in [0.05, 0.1) is 0 Å². The molecule has 122 valence electrons. The normalized spacial score (nSPS) is 21.0. The van der Waals surface area contributed by atoms with Gasteiger partial charge in [-0.05, 0) is 38.5 Å². The third-order valence-corrected chi connectivity index (χ3v) is 2.48. The number of hydrogen-bond acceptors (Lipinski definition) is 3. The van der Waals surface area contributed by atoms with Crippen molar-refractivity contribution in [3.05, 3.63) is 0 Å². The van der Waals surface area contributed by atoms with Crippen molar-refractivity contribution in [1.29, 1.82) is 0 Å². The summed E-state index contributed by atoms with van der Waals surface area (Å²) in [6, 6.07) is 0. The summed E-state index contributed by atoms with van der Waals surface area (Å²) in [5.74, 6) is 0. The molecule has 20 heavy (non-hydrogen) atoms. The molecule has 3 fully saturated rings. The molecule has 0 aromatic rings. The molecular formula is C12H24Cl4O3U. The zero-order chi connectivity index (χ0) is 15.1. The van der Waals surface area contributed by atoms with E-state index >= 15 is 0 Å². The van der Waals surface area contributed by atoms with E-state index in [0.717, 1.165) is 39.6 Å². The minimum absolute atomic E-state index is 1.00. The third kappa shape index (κ3) is 25.1. The van der Waals surface area contributed by atoms with Gasteiger partial charge in [-0.25, -0.2) is 0 Å². The fraction of sp³-hybridized carbons (Fsp3) is 1.00. The predicted octanol–water partition coefficient (Wildman–Crippen LogP) is 5.15. The van der Waals surface area contributed by atoms with Crippen molar-refractivity contribution in [2.75, 3.05) is 39.6 Å². The average Bonchev–Trinajstić information content (AvgIpc) is 3.17. The third-order valence-electron chi connectivity index (χ3n) is 2.48. The van der Waals surface area contributed by atoms with Gasteiger partial charge < -0.3 is 14.2 Å². The summed E-state index contributed by atoms with van der Waals surface area (Å²) in [4.78, 5) is 0. The quantitative estimate of drug-likeness (QED) is 0.388. The molecule has 3 nitrogen and oxygen atoms in total. The van der Waals surface area contributed by atoms with Crippen LogP contribution in [0.5, 0.6) is 0 Å². The van der Waals surface area contributed by atoms with E-state index in [2.05, 4.69) is 0 Å². The Hall–Kier alpha value is 2.09. The van der Waals surface area contributed by atoms with Crippen LogP contribution in [0.4, 0.5) is 0 Å². The minimum atomic E-state index is -3.45. The molecule has 0 N–H and O–H groups in total. The van der Waals surface area contributed by atoms with Gasteiger partial charge in [0.2, 0.25) is 0 Å².